The molecule has 1 aromatic rings. The number of aliphatic hydroxyl groups is 1. The highest BCUT2D eigenvalue weighted by Crippen LogP contribution is 2.42. The Balaban J connectivity index is 2.08. The average molecular weight is 260 g/mol. The molecule has 2 atom stereocenters. The van der Waals surface area contributed by atoms with Crippen molar-refractivity contribution in [3.8, 4) is 0 Å². The van der Waals surface area contributed by atoms with E-state index < -0.39 is 5.60 Å². The van der Waals surface area contributed by atoms with Crippen LogP contribution in [0.4, 0.5) is 0 Å². The van der Waals surface area contributed by atoms with Gasteiger partial charge in [0.1, 0.15) is 4.90 Å². The van der Waals surface area contributed by atoms with Crippen molar-refractivity contribution in [1.82, 2.24) is 5.32 Å². The van der Waals surface area contributed by atoms with E-state index in [0.29, 0.717) is 12.0 Å². The monoisotopic (exact) mass is 260 g/mol. The largest absolute Gasteiger partial charge is 0.375 e. The molecule has 0 spiro atoms. The highest BCUT2D eigenvalue weighted by molar-refractivity contribution is 7.58. The second-order valence-electron chi connectivity index (χ2n) is 4.64. The number of carbonyl (C=O) groups excluding carboxylic acids is 1. The first-order chi connectivity index (χ1) is 8.62. The molecule has 1 saturated heterocycles. The minimum Gasteiger partial charge on any atom is -0.375 e. The summed E-state index contributed by atoms with van der Waals surface area (Å²) in [7, 11) is 0. The highest BCUT2D eigenvalue weighted by atomic mass is 32.1. The van der Waals surface area contributed by atoms with E-state index in [9.17, 15) is 9.90 Å². The van der Waals surface area contributed by atoms with Crippen LogP contribution in [0.5, 0.6) is 0 Å². The van der Waals surface area contributed by atoms with Gasteiger partial charge in [-0.1, -0.05) is 24.3 Å². The summed E-state index contributed by atoms with van der Waals surface area (Å²) < 4.78 is 0. The van der Waals surface area contributed by atoms with E-state index in [0.717, 1.165) is 10.6 Å². The van der Waals surface area contributed by atoms with Crippen LogP contribution in [0.15, 0.2) is 53.1 Å². The molecule has 92 valence electrons. The van der Waals surface area contributed by atoms with Crippen LogP contribution < -0.4 is 5.32 Å². The number of carbonyl (C=O) groups is 1. The van der Waals surface area contributed by atoms with Crippen LogP contribution in [0.25, 0.3) is 0 Å². The maximum absolute atomic E-state index is 12.1. The number of fused-ring (bicyclic) bond motifs is 1. The predicted octanol–water partition coefficient (Wildman–Crippen LogP) is 0.834. The van der Waals surface area contributed by atoms with Crippen LogP contribution in [0, 0.1) is 5.92 Å². The molecule has 0 saturated carbocycles. The highest BCUT2D eigenvalue weighted by Gasteiger charge is 2.52. The number of hydrogen-bond acceptors (Lipinski definition) is 2. The summed E-state index contributed by atoms with van der Waals surface area (Å²) in [5, 5.41) is 13.6. The van der Waals surface area contributed by atoms with E-state index in [1.807, 2.05) is 30.4 Å². The number of benzene rings is 1. The lowest BCUT2D eigenvalue weighted by molar-refractivity contribution is -0.139. The molecule has 4 heteroatoms. The molecule has 2 unspecified atom stereocenters. The van der Waals surface area contributed by atoms with Crippen LogP contribution >= 0.6 is 0 Å². The summed E-state index contributed by atoms with van der Waals surface area (Å²) in [5.74, 6) is -0.556. The Morgan fingerprint density at radius 3 is 2.78 bits per heavy atom. The third-order valence-corrected chi connectivity index (χ3v) is 3.93. The summed E-state index contributed by atoms with van der Waals surface area (Å²) in [5.41, 5.74) is -0.0329. The van der Waals surface area contributed by atoms with Gasteiger partial charge in [0.25, 0.3) is 5.91 Å². The zero-order valence-electron chi connectivity index (χ0n) is 9.68. The van der Waals surface area contributed by atoms with Gasteiger partial charge in [-0.05, 0) is 42.8 Å². The predicted molar refractivity (Wildman–Crippen MR) is 72.2 cm³/mol. The van der Waals surface area contributed by atoms with Crippen molar-refractivity contribution >= 4 is 18.5 Å². The summed E-state index contributed by atoms with van der Waals surface area (Å²) in [6.45, 7) is 0. The molecule has 3 nitrogen and oxygen atoms in total. The first kappa shape index (κ1) is 11.6. The molecule has 2 N–H and O–H groups in total. The fraction of sp³-hybridized carbons (Fsp3) is 0.214. The molecule has 2 aliphatic rings. The van der Waals surface area contributed by atoms with E-state index in [2.05, 4.69) is 17.9 Å². The Labute approximate surface area is 111 Å². The Morgan fingerprint density at radius 1 is 1.33 bits per heavy atom. The molecule has 1 fully saturated rings. The molecular formula is C14H14NO2S+. The molecule has 3 rings (SSSR count). The number of amides is 1. The standard InChI is InChI=1S/C14H13NO2S/c16-13-14(17,9-5-7-10(18)8-6-9)11-3-1-2-4-12(11)15-13/h1-2,4-8,11,17-18H,3H2,(H,15,16)/p+1. The molecule has 0 aromatic heterocycles. The first-order valence-corrected chi connectivity index (χ1v) is 6.35. The Hall–Kier alpha value is -1.52. The fourth-order valence-electron chi connectivity index (χ4n) is 2.60. The van der Waals surface area contributed by atoms with Gasteiger partial charge >= 0.3 is 0 Å². The van der Waals surface area contributed by atoms with Crippen LogP contribution in [-0.2, 0) is 23.0 Å². The van der Waals surface area contributed by atoms with Crippen molar-refractivity contribution in [2.75, 3.05) is 0 Å². The third kappa shape index (κ3) is 1.53. The second kappa shape index (κ2) is 4.00. The van der Waals surface area contributed by atoms with E-state index in [1.165, 1.54) is 0 Å². The van der Waals surface area contributed by atoms with Gasteiger partial charge in [-0.2, -0.15) is 0 Å². The van der Waals surface area contributed by atoms with Crippen LogP contribution in [0.1, 0.15) is 12.0 Å². The van der Waals surface area contributed by atoms with Gasteiger partial charge in [0, 0.05) is 11.6 Å². The first-order valence-electron chi connectivity index (χ1n) is 5.85. The van der Waals surface area contributed by atoms with Gasteiger partial charge in [-0.3, -0.25) is 4.79 Å². The Kier molecular flexibility index (Phi) is 2.57. The van der Waals surface area contributed by atoms with Crippen molar-refractivity contribution < 1.29 is 9.90 Å². The average Bonchev–Trinajstić information content (AvgIpc) is 2.64. The molecule has 0 radical (unpaired) electrons. The smallest absolute Gasteiger partial charge is 0.261 e. The van der Waals surface area contributed by atoms with E-state index in [4.69, 9.17) is 0 Å². The summed E-state index contributed by atoms with van der Waals surface area (Å²) in [4.78, 5) is 13.0. The molecule has 1 heterocycles. The van der Waals surface area contributed by atoms with Crippen molar-refractivity contribution in [2.45, 2.75) is 16.9 Å². The molecule has 1 amide bonds. The molecule has 1 aliphatic heterocycles. The van der Waals surface area contributed by atoms with Crippen molar-refractivity contribution in [3.05, 3.63) is 53.8 Å². The summed E-state index contributed by atoms with van der Waals surface area (Å²) in [6.07, 6.45) is 6.39. The quantitative estimate of drug-likeness (QED) is 0.735. The Bertz CT molecular complexity index is 562. The van der Waals surface area contributed by atoms with Crippen LogP contribution in [0.3, 0.4) is 0 Å². The van der Waals surface area contributed by atoms with Gasteiger partial charge in [0.15, 0.2) is 5.60 Å². The number of nitrogens with one attached hydrogen (secondary N) is 1. The zero-order valence-corrected chi connectivity index (χ0v) is 10.7. The van der Waals surface area contributed by atoms with Crippen molar-refractivity contribution in [2.24, 2.45) is 5.92 Å². The third-order valence-electron chi connectivity index (χ3n) is 3.59. The SMILES string of the molecule is O=C1NC2=CC=CCC2C1(O)c1ccc([SH2+])cc1. The number of hydrogen-bond donors (Lipinski definition) is 2. The lowest BCUT2D eigenvalue weighted by Gasteiger charge is -2.27. The minimum absolute atomic E-state index is 0.212. The fourth-order valence-corrected chi connectivity index (χ4v) is 2.76. The minimum atomic E-state index is -1.46. The number of allylic oxidation sites excluding steroid dienone is 3. The van der Waals surface area contributed by atoms with Gasteiger partial charge in [0.2, 0.25) is 0 Å². The van der Waals surface area contributed by atoms with Crippen LogP contribution in [-0.4, -0.2) is 11.0 Å². The lowest BCUT2D eigenvalue weighted by Crippen LogP contribution is -2.39. The van der Waals surface area contributed by atoms with E-state index >= 15 is 0 Å². The van der Waals surface area contributed by atoms with Gasteiger partial charge < -0.3 is 10.4 Å². The summed E-state index contributed by atoms with van der Waals surface area (Å²) in [6, 6.07) is 7.22. The Morgan fingerprint density at radius 2 is 2.06 bits per heavy atom. The topological polar surface area (TPSA) is 49.3 Å². The lowest BCUT2D eigenvalue weighted by atomic mass is 9.79. The zero-order chi connectivity index (χ0) is 12.8. The van der Waals surface area contributed by atoms with Crippen LogP contribution in [0.2, 0.25) is 0 Å². The maximum atomic E-state index is 12.1. The molecule has 1 aliphatic carbocycles. The molecule has 18 heavy (non-hydrogen) atoms. The second-order valence-corrected chi connectivity index (χ2v) is 5.21. The van der Waals surface area contributed by atoms with Gasteiger partial charge in [0.05, 0.1) is 0 Å². The van der Waals surface area contributed by atoms with Gasteiger partial charge in [-0.25, -0.2) is 0 Å². The van der Waals surface area contributed by atoms with Crippen molar-refractivity contribution in [1.29, 1.82) is 0 Å². The molecule has 0 bridgehead atoms. The maximum Gasteiger partial charge on any atom is 0.261 e. The van der Waals surface area contributed by atoms with Gasteiger partial charge in [-0.15, -0.1) is 0 Å². The van der Waals surface area contributed by atoms with E-state index in [1.54, 1.807) is 12.1 Å². The summed E-state index contributed by atoms with van der Waals surface area (Å²) >= 11 is 3.40. The number of rotatable bonds is 1. The molecular weight excluding hydrogens is 246 g/mol. The normalized spacial score (nSPS) is 29.8. The van der Waals surface area contributed by atoms with E-state index in [-0.39, 0.29) is 11.8 Å². The van der Waals surface area contributed by atoms with Crippen molar-refractivity contribution in [3.63, 3.8) is 0 Å². The molecule has 1 aromatic carbocycles.